The normalized spacial score (nSPS) is 18.8. The van der Waals surface area contributed by atoms with Crippen molar-refractivity contribution >= 4 is 27.2 Å². The zero-order chi connectivity index (χ0) is 24.7. The number of nitrogens with zero attached hydrogens (tertiary/aromatic N) is 3. The SMILES string of the molecule is CN1C(=CC(=O)COc2ccc(S(=O)(=O)N3CCCC3)cc2[N+](=O)[O-])C(C)(C)c2ccccc21. The molecule has 10 heteroatoms. The number of ketones is 1. The lowest BCUT2D eigenvalue weighted by molar-refractivity contribution is -0.386. The van der Waals surface area contributed by atoms with Gasteiger partial charge in [0.05, 0.1) is 9.82 Å². The molecule has 0 aromatic heterocycles. The topological polar surface area (TPSA) is 110 Å². The summed E-state index contributed by atoms with van der Waals surface area (Å²) in [6, 6.07) is 11.4. The van der Waals surface area contributed by atoms with Crippen LogP contribution in [0.1, 0.15) is 32.3 Å². The first-order chi connectivity index (χ1) is 16.0. The Morgan fingerprint density at radius 3 is 2.50 bits per heavy atom. The molecule has 1 saturated heterocycles. The van der Waals surface area contributed by atoms with Crippen LogP contribution in [-0.4, -0.2) is 50.2 Å². The maximum atomic E-state index is 12.8. The molecular weight excluding hydrogens is 458 g/mol. The molecule has 0 aliphatic carbocycles. The van der Waals surface area contributed by atoms with E-state index in [9.17, 15) is 23.3 Å². The van der Waals surface area contributed by atoms with Crippen molar-refractivity contribution in [1.29, 1.82) is 0 Å². The summed E-state index contributed by atoms with van der Waals surface area (Å²) >= 11 is 0. The van der Waals surface area contributed by atoms with Crippen LogP contribution in [0.4, 0.5) is 11.4 Å². The quantitative estimate of drug-likeness (QED) is 0.334. The molecule has 2 aliphatic rings. The Balaban J connectivity index is 1.53. The Labute approximate surface area is 198 Å². The van der Waals surface area contributed by atoms with Crippen molar-refractivity contribution in [3.63, 3.8) is 0 Å². The first-order valence-electron chi connectivity index (χ1n) is 11.0. The van der Waals surface area contributed by atoms with Crippen molar-refractivity contribution in [3.05, 3.63) is 69.9 Å². The van der Waals surface area contributed by atoms with Gasteiger partial charge in [0.1, 0.15) is 0 Å². The van der Waals surface area contributed by atoms with Crippen LogP contribution in [0.25, 0.3) is 0 Å². The fraction of sp³-hybridized carbons (Fsp3) is 0.375. The third-order valence-corrected chi connectivity index (χ3v) is 8.33. The van der Waals surface area contributed by atoms with Gasteiger partial charge in [-0.2, -0.15) is 4.31 Å². The number of nitro groups is 1. The van der Waals surface area contributed by atoms with Crippen molar-refractivity contribution in [2.24, 2.45) is 0 Å². The van der Waals surface area contributed by atoms with E-state index in [0.717, 1.165) is 35.9 Å². The van der Waals surface area contributed by atoms with Gasteiger partial charge in [-0.1, -0.05) is 32.0 Å². The lowest BCUT2D eigenvalue weighted by Gasteiger charge is -2.23. The largest absolute Gasteiger partial charge is 0.478 e. The molecule has 0 N–H and O–H groups in total. The highest BCUT2D eigenvalue weighted by molar-refractivity contribution is 7.89. The van der Waals surface area contributed by atoms with Gasteiger partial charge in [-0.3, -0.25) is 14.9 Å². The van der Waals surface area contributed by atoms with Gasteiger partial charge >= 0.3 is 5.69 Å². The highest BCUT2D eigenvalue weighted by Gasteiger charge is 2.38. The lowest BCUT2D eigenvalue weighted by Crippen LogP contribution is -2.27. The summed E-state index contributed by atoms with van der Waals surface area (Å²) in [5, 5.41) is 11.6. The summed E-state index contributed by atoms with van der Waals surface area (Å²) in [5.41, 5.74) is 2.02. The van der Waals surface area contributed by atoms with E-state index in [-0.39, 0.29) is 16.4 Å². The average molecular weight is 486 g/mol. The molecule has 4 rings (SSSR count). The minimum Gasteiger partial charge on any atom is -0.478 e. The molecule has 0 spiro atoms. The minimum atomic E-state index is -3.81. The number of nitro benzene ring substituents is 1. The number of fused-ring (bicyclic) bond motifs is 1. The maximum Gasteiger partial charge on any atom is 0.312 e. The van der Waals surface area contributed by atoms with Crippen LogP contribution < -0.4 is 9.64 Å². The molecule has 34 heavy (non-hydrogen) atoms. The van der Waals surface area contributed by atoms with E-state index in [2.05, 4.69) is 0 Å². The standard InChI is InChI=1S/C24H27N3O6S/c1-24(2)19-8-4-5-9-20(19)25(3)23(24)14-17(28)16-33-22-11-10-18(15-21(22)27(29)30)34(31,32)26-12-6-7-13-26/h4-5,8-11,14-15H,6-7,12-13,16H2,1-3H3. The second-order valence-electron chi connectivity index (χ2n) is 8.98. The summed E-state index contributed by atoms with van der Waals surface area (Å²) < 4.78 is 32.3. The number of ether oxygens (including phenoxy) is 1. The average Bonchev–Trinajstić information content (AvgIpc) is 3.41. The van der Waals surface area contributed by atoms with Crippen molar-refractivity contribution in [1.82, 2.24) is 4.31 Å². The molecule has 0 unspecified atom stereocenters. The van der Waals surface area contributed by atoms with Crippen LogP contribution in [0.5, 0.6) is 5.75 Å². The Kier molecular flexibility index (Phi) is 6.22. The summed E-state index contributed by atoms with van der Waals surface area (Å²) in [7, 11) is -1.93. The first-order valence-corrected chi connectivity index (χ1v) is 12.5. The van der Waals surface area contributed by atoms with E-state index in [0.29, 0.717) is 13.1 Å². The third kappa shape index (κ3) is 4.19. The maximum absolute atomic E-state index is 12.8. The van der Waals surface area contributed by atoms with Crippen LogP contribution in [-0.2, 0) is 20.2 Å². The number of para-hydroxylation sites is 1. The molecule has 1 fully saturated rings. The Hall–Kier alpha value is -3.24. The fourth-order valence-corrected chi connectivity index (χ4v) is 6.14. The van der Waals surface area contributed by atoms with E-state index in [4.69, 9.17) is 4.74 Å². The highest BCUT2D eigenvalue weighted by Crippen LogP contribution is 2.46. The number of anilines is 1. The molecule has 180 valence electrons. The van der Waals surface area contributed by atoms with Crippen LogP contribution in [0.15, 0.2) is 59.1 Å². The number of hydrogen-bond acceptors (Lipinski definition) is 7. The summed E-state index contributed by atoms with van der Waals surface area (Å²) in [6.45, 7) is 4.43. The minimum absolute atomic E-state index is 0.153. The number of carbonyl (C=O) groups is 1. The molecule has 2 aromatic rings. The molecule has 9 nitrogen and oxygen atoms in total. The molecule has 0 amide bonds. The second kappa shape index (κ2) is 8.84. The zero-order valence-corrected chi connectivity index (χ0v) is 20.2. The number of carbonyl (C=O) groups excluding carboxylic acids is 1. The predicted octanol–water partition coefficient (Wildman–Crippen LogP) is 3.64. The van der Waals surface area contributed by atoms with E-state index < -0.39 is 32.7 Å². The van der Waals surface area contributed by atoms with Gasteiger partial charge in [-0.25, -0.2) is 8.42 Å². The monoisotopic (exact) mass is 485 g/mol. The zero-order valence-electron chi connectivity index (χ0n) is 19.4. The molecule has 0 saturated carbocycles. The Morgan fingerprint density at radius 2 is 1.85 bits per heavy atom. The van der Waals surface area contributed by atoms with Gasteiger partial charge in [-0.15, -0.1) is 0 Å². The summed E-state index contributed by atoms with van der Waals surface area (Å²) in [6.07, 6.45) is 3.02. The third-order valence-electron chi connectivity index (χ3n) is 6.44. The number of allylic oxidation sites excluding steroid dienone is 1. The van der Waals surface area contributed by atoms with Crippen molar-refractivity contribution in [2.45, 2.75) is 37.0 Å². The van der Waals surface area contributed by atoms with Gasteiger partial charge in [0.2, 0.25) is 10.0 Å². The fourth-order valence-electron chi connectivity index (χ4n) is 4.60. The summed E-state index contributed by atoms with van der Waals surface area (Å²) in [5.74, 6) is -0.509. The van der Waals surface area contributed by atoms with Crippen LogP contribution >= 0.6 is 0 Å². The lowest BCUT2D eigenvalue weighted by atomic mass is 9.83. The number of rotatable bonds is 7. The smallest absolute Gasteiger partial charge is 0.312 e. The van der Waals surface area contributed by atoms with Gasteiger partial charge in [-0.05, 0) is 36.6 Å². The molecule has 2 aliphatic heterocycles. The number of hydrogen-bond donors (Lipinski definition) is 0. The Bertz CT molecular complexity index is 1280. The van der Waals surface area contributed by atoms with E-state index in [1.807, 2.05) is 50.1 Å². The van der Waals surface area contributed by atoms with Crippen LogP contribution in [0.2, 0.25) is 0 Å². The van der Waals surface area contributed by atoms with Gasteiger partial charge in [0.25, 0.3) is 0 Å². The molecule has 2 aromatic carbocycles. The Morgan fingerprint density at radius 1 is 1.18 bits per heavy atom. The molecule has 0 radical (unpaired) electrons. The van der Waals surface area contributed by atoms with Gasteiger partial charge < -0.3 is 9.64 Å². The number of sulfonamides is 1. The van der Waals surface area contributed by atoms with Crippen molar-refractivity contribution in [3.8, 4) is 5.75 Å². The van der Waals surface area contributed by atoms with Crippen molar-refractivity contribution < 1.29 is 22.9 Å². The predicted molar refractivity (Wildman–Crippen MR) is 128 cm³/mol. The molecular formula is C24H27N3O6S. The van der Waals surface area contributed by atoms with E-state index in [1.165, 1.54) is 22.5 Å². The van der Waals surface area contributed by atoms with Crippen LogP contribution in [0, 0.1) is 10.1 Å². The highest BCUT2D eigenvalue weighted by atomic mass is 32.2. The molecule has 0 bridgehead atoms. The molecule has 2 heterocycles. The number of likely N-dealkylation sites (N-methyl/N-ethyl adjacent to an activating group) is 1. The van der Waals surface area contributed by atoms with Gasteiger partial charge in [0.15, 0.2) is 18.1 Å². The van der Waals surface area contributed by atoms with Crippen molar-refractivity contribution in [2.75, 3.05) is 31.6 Å². The van der Waals surface area contributed by atoms with Crippen LogP contribution in [0.3, 0.4) is 0 Å². The van der Waals surface area contributed by atoms with E-state index in [1.54, 1.807) is 0 Å². The summed E-state index contributed by atoms with van der Waals surface area (Å²) in [4.78, 5) is 25.4. The molecule has 0 atom stereocenters. The van der Waals surface area contributed by atoms with E-state index >= 15 is 0 Å². The second-order valence-corrected chi connectivity index (χ2v) is 10.9. The van der Waals surface area contributed by atoms with Gasteiger partial charge in [0, 0.05) is 49.1 Å². The first kappa shape index (κ1) is 23.9. The number of benzene rings is 2.